The lowest BCUT2D eigenvalue weighted by atomic mass is 10.3. The molecule has 1 saturated heterocycles. The first kappa shape index (κ1) is 7.66. The van der Waals surface area contributed by atoms with E-state index in [1.165, 1.54) is 11.8 Å². The molecule has 1 amide bonds. The number of carbonyl (C=O) groups is 1. The molecule has 0 N–H and O–H groups in total. The quantitative estimate of drug-likeness (QED) is 0.574. The molecule has 2 nitrogen and oxygen atoms in total. The van der Waals surface area contributed by atoms with E-state index in [1.807, 2.05) is 13.8 Å². The molecule has 0 saturated carbocycles. The zero-order valence-electron chi connectivity index (χ0n) is 6.26. The van der Waals surface area contributed by atoms with E-state index >= 15 is 0 Å². The molecule has 56 valence electrons. The van der Waals surface area contributed by atoms with Crippen LogP contribution in [0.5, 0.6) is 0 Å². The molecule has 1 aliphatic heterocycles. The smallest absolute Gasteiger partial charge is 0.238 e. The summed E-state index contributed by atoms with van der Waals surface area (Å²) < 4.78 is 0. The Balaban J connectivity index is 2.72. The van der Waals surface area contributed by atoms with Crippen molar-refractivity contribution in [3.8, 4) is 0 Å². The zero-order chi connectivity index (χ0) is 7.72. The van der Waals surface area contributed by atoms with Crippen LogP contribution in [0, 0.1) is 0 Å². The highest BCUT2D eigenvalue weighted by molar-refractivity contribution is 8.04. The number of hydrogen-bond acceptors (Lipinski definition) is 2. The Morgan fingerprint density at radius 2 is 2.30 bits per heavy atom. The molecule has 0 aliphatic carbocycles. The normalized spacial score (nSPS) is 19.3. The minimum atomic E-state index is 0.185. The van der Waals surface area contributed by atoms with Crippen molar-refractivity contribution in [1.29, 1.82) is 0 Å². The van der Waals surface area contributed by atoms with E-state index < -0.39 is 0 Å². The van der Waals surface area contributed by atoms with Crippen LogP contribution < -0.4 is 0 Å². The third-order valence-electron chi connectivity index (χ3n) is 1.42. The van der Waals surface area contributed by atoms with Gasteiger partial charge in [-0.3, -0.25) is 4.79 Å². The predicted molar refractivity (Wildman–Crippen MR) is 43.6 cm³/mol. The van der Waals surface area contributed by atoms with Crippen LogP contribution in [0.2, 0.25) is 0 Å². The molecule has 1 heterocycles. The SMILES string of the molecule is C=C1SCC(=O)N1C(C)C. The van der Waals surface area contributed by atoms with Gasteiger partial charge < -0.3 is 4.90 Å². The van der Waals surface area contributed by atoms with E-state index in [0.717, 1.165) is 5.03 Å². The van der Waals surface area contributed by atoms with Crippen LogP contribution >= 0.6 is 11.8 Å². The van der Waals surface area contributed by atoms with E-state index in [-0.39, 0.29) is 11.9 Å². The molecule has 0 atom stereocenters. The average molecular weight is 157 g/mol. The maximum atomic E-state index is 11.1. The Morgan fingerprint density at radius 1 is 1.70 bits per heavy atom. The van der Waals surface area contributed by atoms with Crippen molar-refractivity contribution in [1.82, 2.24) is 4.90 Å². The van der Waals surface area contributed by atoms with Crippen LogP contribution in [-0.4, -0.2) is 22.6 Å². The molecular formula is C7H11NOS. The molecular weight excluding hydrogens is 146 g/mol. The number of carbonyl (C=O) groups excluding carboxylic acids is 1. The Kier molecular flexibility index (Phi) is 2.04. The van der Waals surface area contributed by atoms with Gasteiger partial charge in [-0.2, -0.15) is 0 Å². The van der Waals surface area contributed by atoms with Crippen molar-refractivity contribution in [2.24, 2.45) is 0 Å². The Morgan fingerprint density at radius 3 is 2.50 bits per heavy atom. The van der Waals surface area contributed by atoms with Crippen molar-refractivity contribution < 1.29 is 4.79 Å². The molecule has 0 spiro atoms. The molecule has 1 fully saturated rings. The summed E-state index contributed by atoms with van der Waals surface area (Å²) in [6.45, 7) is 7.77. The summed E-state index contributed by atoms with van der Waals surface area (Å²) >= 11 is 1.52. The second-order valence-corrected chi connectivity index (χ2v) is 3.59. The van der Waals surface area contributed by atoms with Gasteiger partial charge in [0, 0.05) is 6.04 Å². The number of nitrogens with zero attached hydrogens (tertiary/aromatic N) is 1. The molecule has 0 aromatic carbocycles. The van der Waals surface area contributed by atoms with Crippen molar-refractivity contribution in [3.05, 3.63) is 11.6 Å². The van der Waals surface area contributed by atoms with E-state index in [0.29, 0.717) is 5.75 Å². The molecule has 0 bridgehead atoms. The Labute approximate surface area is 65.3 Å². The molecule has 1 aliphatic rings. The summed E-state index contributed by atoms with van der Waals surface area (Å²) in [4.78, 5) is 12.8. The standard InChI is InChI=1S/C7H11NOS/c1-5(2)8-6(3)10-4-7(8)9/h5H,3-4H2,1-2H3. The van der Waals surface area contributed by atoms with Crippen molar-refractivity contribution in [2.45, 2.75) is 19.9 Å². The lowest BCUT2D eigenvalue weighted by Crippen LogP contribution is -2.30. The first-order chi connectivity index (χ1) is 4.63. The zero-order valence-corrected chi connectivity index (χ0v) is 7.07. The molecule has 1 rings (SSSR count). The fourth-order valence-corrected chi connectivity index (χ4v) is 1.88. The van der Waals surface area contributed by atoms with E-state index in [9.17, 15) is 4.79 Å². The van der Waals surface area contributed by atoms with Crippen molar-refractivity contribution in [2.75, 3.05) is 5.75 Å². The van der Waals surface area contributed by atoms with Gasteiger partial charge in [0.2, 0.25) is 5.91 Å². The van der Waals surface area contributed by atoms with Crippen molar-refractivity contribution in [3.63, 3.8) is 0 Å². The second-order valence-electron chi connectivity index (χ2n) is 2.54. The summed E-state index contributed by atoms with van der Waals surface area (Å²) in [5.41, 5.74) is 0. The topological polar surface area (TPSA) is 20.3 Å². The van der Waals surface area contributed by atoms with E-state index in [2.05, 4.69) is 6.58 Å². The molecule has 0 unspecified atom stereocenters. The lowest BCUT2D eigenvalue weighted by Gasteiger charge is -2.20. The summed E-state index contributed by atoms with van der Waals surface area (Å²) in [5, 5.41) is 0.889. The lowest BCUT2D eigenvalue weighted by molar-refractivity contribution is -0.126. The summed E-state index contributed by atoms with van der Waals surface area (Å²) in [5.74, 6) is 0.752. The van der Waals surface area contributed by atoms with Crippen LogP contribution in [0.1, 0.15) is 13.8 Å². The molecule has 0 aromatic rings. The maximum absolute atomic E-state index is 11.1. The van der Waals surface area contributed by atoms with Gasteiger partial charge in [-0.05, 0) is 13.8 Å². The monoisotopic (exact) mass is 157 g/mol. The number of thioether (sulfide) groups is 1. The van der Waals surface area contributed by atoms with Gasteiger partial charge in [0.1, 0.15) is 0 Å². The van der Waals surface area contributed by atoms with Crippen LogP contribution in [-0.2, 0) is 4.79 Å². The third-order valence-corrected chi connectivity index (χ3v) is 2.34. The van der Waals surface area contributed by atoms with Gasteiger partial charge in [-0.25, -0.2) is 0 Å². The van der Waals surface area contributed by atoms with Gasteiger partial charge in [-0.15, -0.1) is 0 Å². The summed E-state index contributed by atoms with van der Waals surface area (Å²) in [7, 11) is 0. The largest absolute Gasteiger partial charge is 0.304 e. The van der Waals surface area contributed by atoms with E-state index in [4.69, 9.17) is 0 Å². The molecule has 3 heteroatoms. The second kappa shape index (κ2) is 2.66. The van der Waals surface area contributed by atoms with Gasteiger partial charge in [0.15, 0.2) is 0 Å². The number of rotatable bonds is 1. The van der Waals surface area contributed by atoms with Gasteiger partial charge in [-0.1, -0.05) is 18.3 Å². The van der Waals surface area contributed by atoms with Crippen LogP contribution in [0.25, 0.3) is 0 Å². The Hall–Kier alpha value is -0.440. The Bertz CT molecular complexity index is 160. The van der Waals surface area contributed by atoms with Crippen LogP contribution in [0.15, 0.2) is 11.6 Å². The van der Waals surface area contributed by atoms with E-state index in [1.54, 1.807) is 4.90 Å². The molecule has 0 radical (unpaired) electrons. The first-order valence-corrected chi connectivity index (χ1v) is 4.25. The highest BCUT2D eigenvalue weighted by Crippen LogP contribution is 2.28. The molecule has 10 heavy (non-hydrogen) atoms. The van der Waals surface area contributed by atoms with Crippen molar-refractivity contribution >= 4 is 17.7 Å². The summed E-state index contributed by atoms with van der Waals surface area (Å²) in [6.07, 6.45) is 0. The fraction of sp³-hybridized carbons (Fsp3) is 0.571. The van der Waals surface area contributed by atoms with Gasteiger partial charge >= 0.3 is 0 Å². The maximum Gasteiger partial charge on any atom is 0.238 e. The van der Waals surface area contributed by atoms with Crippen LogP contribution in [0.3, 0.4) is 0 Å². The predicted octanol–water partition coefficient (Wildman–Crippen LogP) is 1.44. The highest BCUT2D eigenvalue weighted by atomic mass is 32.2. The molecule has 0 aromatic heterocycles. The van der Waals surface area contributed by atoms with Gasteiger partial charge in [0.05, 0.1) is 10.8 Å². The minimum Gasteiger partial charge on any atom is -0.304 e. The fourth-order valence-electron chi connectivity index (χ4n) is 0.999. The average Bonchev–Trinajstić information content (AvgIpc) is 2.11. The minimum absolute atomic E-state index is 0.185. The third kappa shape index (κ3) is 1.19. The summed E-state index contributed by atoms with van der Waals surface area (Å²) in [6, 6.07) is 0.259. The van der Waals surface area contributed by atoms with Crippen LogP contribution in [0.4, 0.5) is 0 Å². The first-order valence-electron chi connectivity index (χ1n) is 3.26. The van der Waals surface area contributed by atoms with Gasteiger partial charge in [0.25, 0.3) is 0 Å². The number of hydrogen-bond donors (Lipinski definition) is 0. The highest BCUT2D eigenvalue weighted by Gasteiger charge is 2.26. The number of amides is 1.